The minimum absolute atomic E-state index is 0.547. The van der Waals surface area contributed by atoms with Gasteiger partial charge < -0.3 is 5.21 Å². The van der Waals surface area contributed by atoms with Crippen LogP contribution in [0.25, 0.3) is 0 Å². The zero-order valence-corrected chi connectivity index (χ0v) is 4.47. The smallest absolute Gasteiger partial charge is 0.269 e. The predicted molar refractivity (Wildman–Crippen MR) is 25.8 cm³/mol. The van der Waals surface area contributed by atoms with Crippen molar-refractivity contribution in [1.82, 2.24) is 0 Å². The maximum absolute atomic E-state index is 11.8. The summed E-state index contributed by atoms with van der Waals surface area (Å²) in [5, 5.41) is 10.0. The molecule has 1 N–H and O–H groups in total. The van der Waals surface area contributed by atoms with E-state index in [2.05, 4.69) is 5.16 Å². The largest absolute Gasteiger partial charge is 0.411 e. The Kier molecular flexibility index (Phi) is 3.83. The number of oxime groups is 1. The van der Waals surface area contributed by atoms with E-state index in [0.29, 0.717) is 6.21 Å². The van der Waals surface area contributed by atoms with Crippen LogP contribution in [-0.2, 0) is 0 Å². The molecule has 0 rings (SSSR count). The van der Waals surface area contributed by atoms with E-state index in [4.69, 9.17) is 5.21 Å². The summed E-state index contributed by atoms with van der Waals surface area (Å²) in [4.78, 5) is 0. The van der Waals surface area contributed by atoms with Gasteiger partial charge in [-0.15, -0.1) is 5.16 Å². The van der Waals surface area contributed by atoms with Gasteiger partial charge in [-0.05, 0) is 0 Å². The van der Waals surface area contributed by atoms with Crippen molar-refractivity contribution in [3.8, 4) is 0 Å². The van der Waals surface area contributed by atoms with Crippen LogP contribution in [-0.4, -0.2) is 24.0 Å². The van der Waals surface area contributed by atoms with E-state index in [1.165, 1.54) is 0 Å². The fourth-order valence-corrected chi connectivity index (χ4v) is 0.251. The number of hydrogen-bond acceptors (Lipinski definition) is 2. The monoisotopic (exact) mass is 141 g/mol. The maximum Gasteiger partial charge on any atom is 0.269 e. The van der Waals surface area contributed by atoms with Gasteiger partial charge in [-0.25, -0.2) is 13.2 Å². The lowest BCUT2D eigenvalue weighted by molar-refractivity contribution is 0.0543. The molecule has 0 aliphatic carbocycles. The normalized spacial score (nSPS) is 15.1. The molecule has 1 atom stereocenters. The first-order valence-corrected chi connectivity index (χ1v) is 2.26. The molecule has 0 saturated carbocycles. The summed E-state index contributed by atoms with van der Waals surface area (Å²) in [6, 6.07) is 0. The average Bonchev–Trinajstić information content (AvgIpc) is 1.82. The predicted octanol–water partition coefficient (Wildman–Crippen LogP) is 1.44. The lowest BCUT2D eigenvalue weighted by Crippen LogP contribution is -2.11. The number of halogens is 3. The van der Waals surface area contributed by atoms with Gasteiger partial charge in [-0.3, -0.25) is 0 Å². The van der Waals surface area contributed by atoms with Crippen molar-refractivity contribution in [3.05, 3.63) is 0 Å². The number of rotatable bonds is 3. The molecule has 2 nitrogen and oxygen atoms in total. The van der Waals surface area contributed by atoms with Crippen molar-refractivity contribution in [1.29, 1.82) is 0 Å². The second kappa shape index (κ2) is 4.17. The molecule has 0 fully saturated rings. The lowest BCUT2D eigenvalue weighted by atomic mass is 10.3. The number of hydrogen-bond donors (Lipinski definition) is 1. The fourth-order valence-electron chi connectivity index (χ4n) is 0.251. The Morgan fingerprint density at radius 3 is 2.33 bits per heavy atom. The Morgan fingerprint density at radius 1 is 1.44 bits per heavy atom. The van der Waals surface area contributed by atoms with Crippen LogP contribution < -0.4 is 0 Å². The van der Waals surface area contributed by atoms with Gasteiger partial charge in [0.25, 0.3) is 6.43 Å². The highest BCUT2D eigenvalue weighted by Gasteiger charge is 2.16. The van der Waals surface area contributed by atoms with Gasteiger partial charge in [0, 0.05) is 12.6 Å². The maximum atomic E-state index is 11.8. The van der Waals surface area contributed by atoms with E-state index in [1.807, 2.05) is 0 Å². The highest BCUT2D eigenvalue weighted by atomic mass is 19.3. The van der Waals surface area contributed by atoms with Crippen LogP contribution >= 0.6 is 0 Å². The molecule has 0 aromatic heterocycles. The molecule has 5 heteroatoms. The summed E-state index contributed by atoms with van der Waals surface area (Å²) in [5.41, 5.74) is 0. The Labute approximate surface area is 50.0 Å². The molecule has 0 aromatic carbocycles. The van der Waals surface area contributed by atoms with E-state index in [1.54, 1.807) is 0 Å². The highest BCUT2D eigenvalue weighted by Crippen LogP contribution is 2.07. The highest BCUT2D eigenvalue weighted by molar-refractivity contribution is 5.56. The standard InChI is InChI=1S/C4H6F3NO/c5-3(4(6)7)1-2-8-9/h2-4,9H,1H2. The van der Waals surface area contributed by atoms with Crippen molar-refractivity contribution >= 4 is 6.21 Å². The van der Waals surface area contributed by atoms with Gasteiger partial charge >= 0.3 is 0 Å². The Hall–Kier alpha value is -0.740. The van der Waals surface area contributed by atoms with Crippen molar-refractivity contribution in [2.45, 2.75) is 19.0 Å². The molecule has 0 aliphatic heterocycles. The van der Waals surface area contributed by atoms with Crippen LogP contribution in [0.3, 0.4) is 0 Å². The SMILES string of the molecule is ON=CCC(F)C(F)F. The molecule has 0 bridgehead atoms. The summed E-state index contributed by atoms with van der Waals surface area (Å²) in [6.07, 6.45) is -5.07. The second-order valence-electron chi connectivity index (χ2n) is 1.38. The zero-order valence-electron chi connectivity index (χ0n) is 4.47. The summed E-state index contributed by atoms with van der Waals surface area (Å²) in [5.74, 6) is 0. The molecule has 54 valence electrons. The van der Waals surface area contributed by atoms with Crippen molar-refractivity contribution in [3.63, 3.8) is 0 Å². The number of nitrogens with zero attached hydrogens (tertiary/aromatic N) is 1. The third-order valence-electron chi connectivity index (χ3n) is 0.686. The minimum atomic E-state index is -3.00. The van der Waals surface area contributed by atoms with E-state index in [-0.39, 0.29) is 0 Å². The summed E-state index contributed by atoms with van der Waals surface area (Å²) in [6.45, 7) is 0. The van der Waals surface area contributed by atoms with Crippen molar-refractivity contribution in [2.75, 3.05) is 0 Å². The molecular formula is C4H6F3NO. The summed E-state index contributed by atoms with van der Waals surface area (Å²) >= 11 is 0. The average molecular weight is 141 g/mol. The molecule has 1 unspecified atom stereocenters. The first-order valence-electron chi connectivity index (χ1n) is 2.26. The van der Waals surface area contributed by atoms with E-state index >= 15 is 0 Å². The molecule has 0 radical (unpaired) electrons. The Balaban J connectivity index is 3.38. The van der Waals surface area contributed by atoms with E-state index < -0.39 is 19.0 Å². The minimum Gasteiger partial charge on any atom is -0.411 e. The van der Waals surface area contributed by atoms with Gasteiger partial charge in [0.05, 0.1) is 0 Å². The molecular weight excluding hydrogens is 135 g/mol. The van der Waals surface area contributed by atoms with Crippen LogP contribution in [0.2, 0.25) is 0 Å². The van der Waals surface area contributed by atoms with Crippen LogP contribution in [0.15, 0.2) is 5.16 Å². The summed E-state index contributed by atoms with van der Waals surface area (Å²) in [7, 11) is 0. The summed E-state index contributed by atoms with van der Waals surface area (Å²) < 4.78 is 34.2. The first kappa shape index (κ1) is 8.26. The van der Waals surface area contributed by atoms with Crippen molar-refractivity contribution < 1.29 is 18.4 Å². The van der Waals surface area contributed by atoms with Crippen LogP contribution in [0.1, 0.15) is 6.42 Å². The van der Waals surface area contributed by atoms with Crippen LogP contribution in [0, 0.1) is 0 Å². The molecule has 0 saturated heterocycles. The molecule has 0 amide bonds. The van der Waals surface area contributed by atoms with Gasteiger partial charge in [0.1, 0.15) is 0 Å². The zero-order chi connectivity index (χ0) is 7.28. The van der Waals surface area contributed by atoms with Gasteiger partial charge in [0.2, 0.25) is 0 Å². The molecule has 0 spiro atoms. The quantitative estimate of drug-likeness (QED) is 0.360. The van der Waals surface area contributed by atoms with Crippen molar-refractivity contribution in [2.24, 2.45) is 5.16 Å². The van der Waals surface area contributed by atoms with Crippen LogP contribution in [0.4, 0.5) is 13.2 Å². The molecule has 0 aliphatic rings. The van der Waals surface area contributed by atoms with Gasteiger partial charge in [-0.1, -0.05) is 0 Å². The Bertz CT molecular complexity index is 95.8. The first-order chi connectivity index (χ1) is 4.18. The molecule has 0 heterocycles. The van der Waals surface area contributed by atoms with E-state index in [0.717, 1.165) is 0 Å². The second-order valence-corrected chi connectivity index (χ2v) is 1.38. The van der Waals surface area contributed by atoms with Gasteiger partial charge in [0.15, 0.2) is 6.17 Å². The topological polar surface area (TPSA) is 32.6 Å². The van der Waals surface area contributed by atoms with E-state index in [9.17, 15) is 13.2 Å². The Morgan fingerprint density at radius 2 is 2.00 bits per heavy atom. The fraction of sp³-hybridized carbons (Fsp3) is 0.750. The molecule has 0 aromatic rings. The lowest BCUT2D eigenvalue weighted by Gasteiger charge is -1.99. The van der Waals surface area contributed by atoms with Gasteiger partial charge in [-0.2, -0.15) is 0 Å². The number of alkyl halides is 3. The third kappa shape index (κ3) is 3.81. The third-order valence-corrected chi connectivity index (χ3v) is 0.686. The molecule has 9 heavy (non-hydrogen) atoms. The van der Waals surface area contributed by atoms with Crippen LogP contribution in [0.5, 0.6) is 0 Å².